The first kappa shape index (κ1) is 17.5. The van der Waals surface area contributed by atoms with Crippen LogP contribution in [0.4, 0.5) is 5.69 Å². The molecule has 0 bridgehead atoms. The number of phenolic OH excluding ortho intramolecular Hbond substituents is 1. The lowest BCUT2D eigenvalue weighted by atomic mass is 10.1. The van der Waals surface area contributed by atoms with E-state index in [9.17, 15) is 14.7 Å². The molecule has 0 radical (unpaired) electrons. The molecule has 0 aromatic heterocycles. The average molecular weight is 349 g/mol. The van der Waals surface area contributed by atoms with Gasteiger partial charge < -0.3 is 15.2 Å². The molecule has 132 valence electrons. The van der Waals surface area contributed by atoms with E-state index < -0.39 is 18.0 Å². The Bertz CT molecular complexity index is 975. The van der Waals surface area contributed by atoms with Crippen molar-refractivity contribution in [1.29, 1.82) is 0 Å². The third-order valence-corrected chi connectivity index (χ3v) is 4.07. The van der Waals surface area contributed by atoms with Crippen molar-refractivity contribution in [1.82, 2.24) is 0 Å². The molecule has 5 heteroatoms. The average Bonchev–Trinajstić information content (AvgIpc) is 2.61. The maximum absolute atomic E-state index is 12.4. The van der Waals surface area contributed by atoms with Gasteiger partial charge in [0, 0.05) is 11.1 Å². The summed E-state index contributed by atoms with van der Waals surface area (Å²) in [6, 6.07) is 17.9. The van der Waals surface area contributed by atoms with Gasteiger partial charge in [0.05, 0.1) is 0 Å². The summed E-state index contributed by atoms with van der Waals surface area (Å²) in [6.45, 7) is 3.29. The number of nitrogens with one attached hydrogen (secondary N) is 1. The van der Waals surface area contributed by atoms with Gasteiger partial charge in [-0.25, -0.2) is 4.79 Å². The number of carbonyl (C=O) groups is 2. The second kappa shape index (κ2) is 7.27. The number of rotatable bonds is 4. The van der Waals surface area contributed by atoms with Crippen molar-refractivity contribution < 1.29 is 19.4 Å². The molecule has 0 aliphatic heterocycles. The molecule has 0 aliphatic carbocycles. The number of anilines is 1. The molecule has 26 heavy (non-hydrogen) atoms. The first-order chi connectivity index (χ1) is 12.5. The topological polar surface area (TPSA) is 75.6 Å². The van der Waals surface area contributed by atoms with Gasteiger partial charge in [-0.05, 0) is 43.0 Å². The van der Waals surface area contributed by atoms with Gasteiger partial charge in [-0.3, -0.25) is 4.79 Å². The summed E-state index contributed by atoms with van der Waals surface area (Å²) in [6.07, 6.45) is -1.01. The van der Waals surface area contributed by atoms with Crippen LogP contribution < -0.4 is 5.32 Å². The third-order valence-electron chi connectivity index (χ3n) is 4.07. The third kappa shape index (κ3) is 3.67. The zero-order valence-electron chi connectivity index (χ0n) is 14.5. The SMILES string of the molecule is Cc1ccc(C(=O)OC(C)C(=O)Nc2cccc3ccccc23)c(O)c1. The highest BCUT2D eigenvalue weighted by atomic mass is 16.5. The first-order valence-corrected chi connectivity index (χ1v) is 8.25. The molecule has 3 rings (SSSR count). The molecule has 5 nitrogen and oxygen atoms in total. The molecular formula is C21H19NO4. The predicted molar refractivity (Wildman–Crippen MR) is 100 cm³/mol. The van der Waals surface area contributed by atoms with Crippen molar-refractivity contribution in [3.05, 3.63) is 71.8 Å². The maximum atomic E-state index is 12.4. The number of fused-ring (bicyclic) bond motifs is 1. The van der Waals surface area contributed by atoms with Crippen LogP contribution in [0.5, 0.6) is 5.75 Å². The van der Waals surface area contributed by atoms with Crippen LogP contribution in [-0.2, 0) is 9.53 Å². The molecule has 1 unspecified atom stereocenters. The number of hydrogen-bond donors (Lipinski definition) is 2. The van der Waals surface area contributed by atoms with Crippen molar-refractivity contribution in [3.8, 4) is 5.75 Å². The van der Waals surface area contributed by atoms with E-state index in [4.69, 9.17) is 4.74 Å². The molecule has 2 N–H and O–H groups in total. The molecule has 0 saturated carbocycles. The zero-order chi connectivity index (χ0) is 18.7. The number of ether oxygens (including phenoxy) is 1. The van der Waals surface area contributed by atoms with E-state index >= 15 is 0 Å². The van der Waals surface area contributed by atoms with E-state index in [1.165, 1.54) is 19.1 Å². The van der Waals surface area contributed by atoms with E-state index in [0.717, 1.165) is 16.3 Å². The van der Waals surface area contributed by atoms with Gasteiger partial charge in [-0.2, -0.15) is 0 Å². The monoisotopic (exact) mass is 349 g/mol. The standard InChI is InChI=1S/C21H19NO4/c1-13-10-11-17(19(23)12-13)21(25)26-14(2)20(24)22-18-9-5-7-15-6-3-4-8-16(15)18/h3-12,14,23H,1-2H3,(H,22,24). The van der Waals surface area contributed by atoms with Crippen LogP contribution in [-0.4, -0.2) is 23.1 Å². The lowest BCUT2D eigenvalue weighted by Crippen LogP contribution is -2.30. The Balaban J connectivity index is 1.72. The number of esters is 1. The smallest absolute Gasteiger partial charge is 0.342 e. The molecule has 1 atom stereocenters. The number of benzene rings is 3. The number of aryl methyl sites for hydroxylation is 1. The quantitative estimate of drug-likeness (QED) is 0.697. The number of aromatic hydroxyl groups is 1. The summed E-state index contributed by atoms with van der Waals surface area (Å²) in [5.74, 6) is -1.36. The van der Waals surface area contributed by atoms with Gasteiger partial charge in [0.15, 0.2) is 6.10 Å². The zero-order valence-corrected chi connectivity index (χ0v) is 14.5. The highest BCUT2D eigenvalue weighted by Gasteiger charge is 2.21. The molecule has 0 heterocycles. The largest absolute Gasteiger partial charge is 0.507 e. The van der Waals surface area contributed by atoms with E-state index in [1.54, 1.807) is 19.1 Å². The van der Waals surface area contributed by atoms with Crippen LogP contribution in [0.2, 0.25) is 0 Å². The molecule has 0 spiro atoms. The fourth-order valence-corrected chi connectivity index (χ4v) is 2.66. The Morgan fingerprint density at radius 3 is 2.54 bits per heavy atom. The lowest BCUT2D eigenvalue weighted by Gasteiger charge is -2.15. The summed E-state index contributed by atoms with van der Waals surface area (Å²) >= 11 is 0. The summed E-state index contributed by atoms with van der Waals surface area (Å²) in [5, 5.41) is 14.6. The second-order valence-electron chi connectivity index (χ2n) is 6.08. The number of hydrogen-bond acceptors (Lipinski definition) is 4. The summed E-state index contributed by atoms with van der Waals surface area (Å²) < 4.78 is 5.19. The van der Waals surface area contributed by atoms with E-state index in [0.29, 0.717) is 5.69 Å². The van der Waals surface area contributed by atoms with E-state index in [2.05, 4.69) is 5.32 Å². The molecular weight excluding hydrogens is 330 g/mol. The minimum Gasteiger partial charge on any atom is -0.507 e. The van der Waals surface area contributed by atoms with Gasteiger partial charge in [-0.1, -0.05) is 42.5 Å². The van der Waals surface area contributed by atoms with Crippen molar-refractivity contribution in [2.45, 2.75) is 20.0 Å². The second-order valence-corrected chi connectivity index (χ2v) is 6.08. The summed E-state index contributed by atoms with van der Waals surface area (Å²) in [5.41, 5.74) is 1.50. The van der Waals surface area contributed by atoms with Crippen LogP contribution in [0.3, 0.4) is 0 Å². The molecule has 0 saturated heterocycles. The summed E-state index contributed by atoms with van der Waals surface area (Å²) in [7, 11) is 0. The fourth-order valence-electron chi connectivity index (χ4n) is 2.66. The Labute approximate surface area is 151 Å². The van der Waals surface area contributed by atoms with Crippen molar-refractivity contribution in [3.63, 3.8) is 0 Å². The highest BCUT2D eigenvalue weighted by molar-refractivity contribution is 6.04. The molecule has 3 aromatic carbocycles. The van der Waals surface area contributed by atoms with E-state index in [1.807, 2.05) is 36.4 Å². The lowest BCUT2D eigenvalue weighted by molar-refractivity contribution is -0.123. The van der Waals surface area contributed by atoms with Crippen LogP contribution in [0.25, 0.3) is 10.8 Å². The normalized spacial score (nSPS) is 11.8. The highest BCUT2D eigenvalue weighted by Crippen LogP contribution is 2.24. The van der Waals surface area contributed by atoms with Gasteiger partial charge in [0.1, 0.15) is 11.3 Å². The number of phenols is 1. The van der Waals surface area contributed by atoms with Gasteiger partial charge in [0.25, 0.3) is 5.91 Å². The minimum atomic E-state index is -1.01. The fraction of sp³-hybridized carbons (Fsp3) is 0.143. The van der Waals surface area contributed by atoms with Gasteiger partial charge >= 0.3 is 5.97 Å². The molecule has 1 amide bonds. The predicted octanol–water partition coefficient (Wildman–Crippen LogP) is 4.04. The van der Waals surface area contributed by atoms with Crippen molar-refractivity contribution >= 4 is 28.3 Å². The summed E-state index contributed by atoms with van der Waals surface area (Å²) in [4.78, 5) is 24.6. The Kier molecular flexibility index (Phi) is 4.89. The van der Waals surface area contributed by atoms with Gasteiger partial charge in [0.2, 0.25) is 0 Å². The van der Waals surface area contributed by atoms with Crippen molar-refractivity contribution in [2.75, 3.05) is 5.32 Å². The maximum Gasteiger partial charge on any atom is 0.342 e. The number of amides is 1. The Morgan fingerprint density at radius 1 is 1.04 bits per heavy atom. The van der Waals surface area contributed by atoms with E-state index in [-0.39, 0.29) is 11.3 Å². The van der Waals surface area contributed by atoms with Crippen LogP contribution in [0, 0.1) is 6.92 Å². The van der Waals surface area contributed by atoms with Crippen LogP contribution in [0.1, 0.15) is 22.8 Å². The first-order valence-electron chi connectivity index (χ1n) is 8.25. The van der Waals surface area contributed by atoms with Crippen molar-refractivity contribution in [2.24, 2.45) is 0 Å². The minimum absolute atomic E-state index is 0.0282. The van der Waals surface area contributed by atoms with Crippen LogP contribution in [0.15, 0.2) is 60.7 Å². The Morgan fingerprint density at radius 2 is 1.77 bits per heavy atom. The molecule has 0 aliphatic rings. The number of carbonyl (C=O) groups excluding carboxylic acids is 2. The van der Waals surface area contributed by atoms with Crippen LogP contribution >= 0.6 is 0 Å². The molecule has 3 aromatic rings. The Hall–Kier alpha value is -3.34. The van der Waals surface area contributed by atoms with Gasteiger partial charge in [-0.15, -0.1) is 0 Å². The molecule has 0 fully saturated rings.